The average Bonchev–Trinajstić information content (AvgIpc) is 3.21. The first-order chi connectivity index (χ1) is 13.1. The van der Waals surface area contributed by atoms with Crippen molar-refractivity contribution < 1.29 is 23.8 Å². The van der Waals surface area contributed by atoms with E-state index in [4.69, 9.17) is 9.47 Å². The number of carbonyl (C=O) groups is 2. The molecule has 2 amide bonds. The van der Waals surface area contributed by atoms with Gasteiger partial charge in [0.05, 0.1) is 13.2 Å². The van der Waals surface area contributed by atoms with Crippen LogP contribution >= 0.6 is 0 Å². The van der Waals surface area contributed by atoms with Gasteiger partial charge in [-0.1, -0.05) is 0 Å². The Morgan fingerprint density at radius 1 is 1.22 bits per heavy atom. The predicted octanol–water partition coefficient (Wildman–Crippen LogP) is 2.34. The second-order valence-electron chi connectivity index (χ2n) is 7.24. The molecule has 0 radical (unpaired) electrons. The Labute approximate surface area is 159 Å². The number of alkyl carbamates (subject to hydrolysis) is 1. The molecule has 27 heavy (non-hydrogen) atoms. The van der Waals surface area contributed by atoms with Crippen LogP contribution < -0.4 is 10.0 Å². The topological polar surface area (TPSA) is 94.8 Å². The summed E-state index contributed by atoms with van der Waals surface area (Å²) in [5, 5.41) is 13.9. The maximum Gasteiger partial charge on any atom is 0.409 e. The number of nitrogens with zero attached hydrogens (tertiary/aromatic N) is 2. The van der Waals surface area contributed by atoms with Gasteiger partial charge in [-0.2, -0.15) is 4.73 Å². The number of rotatable bonds is 5. The predicted molar refractivity (Wildman–Crippen MR) is 96.6 cm³/mol. The molecule has 1 aliphatic carbocycles. The first-order valence-electron chi connectivity index (χ1n) is 9.64. The van der Waals surface area contributed by atoms with Gasteiger partial charge in [0.15, 0.2) is 12.4 Å². The highest BCUT2D eigenvalue weighted by atomic mass is 16.6. The number of pyridine rings is 1. The Morgan fingerprint density at radius 2 is 1.96 bits per heavy atom. The highest BCUT2D eigenvalue weighted by Gasteiger charge is 2.26. The molecule has 148 valence electrons. The minimum absolute atomic E-state index is 0.115. The Balaban J connectivity index is 1.30. The molecule has 1 N–H and O–H groups in total. The van der Waals surface area contributed by atoms with Gasteiger partial charge in [0.1, 0.15) is 6.10 Å². The number of amides is 2. The minimum Gasteiger partial charge on any atom is -0.619 e. The fourth-order valence-corrected chi connectivity index (χ4v) is 3.57. The number of carbonyl (C=O) groups excluding carboxylic acids is 2. The van der Waals surface area contributed by atoms with E-state index in [9.17, 15) is 14.8 Å². The Morgan fingerprint density at radius 3 is 2.67 bits per heavy atom. The van der Waals surface area contributed by atoms with Crippen molar-refractivity contribution in [2.24, 2.45) is 5.92 Å². The van der Waals surface area contributed by atoms with Crippen LogP contribution in [0.4, 0.5) is 9.59 Å². The molecule has 0 unspecified atom stereocenters. The standard InChI is InChI=1S/C19H27N3O5/c23-18(20-12-16-4-3-11-22(25)13-16)27-17-7-5-15(6-8-17)14-26-19(24)21-9-1-2-10-21/h3-4,11,13,15,17H,1-2,5-10,12,14H2,(H,20,23). The summed E-state index contributed by atoms with van der Waals surface area (Å²) < 4.78 is 11.6. The minimum atomic E-state index is -0.472. The van der Waals surface area contributed by atoms with E-state index in [1.165, 1.54) is 12.4 Å². The van der Waals surface area contributed by atoms with Crippen molar-refractivity contribution in [3.8, 4) is 0 Å². The van der Waals surface area contributed by atoms with E-state index in [1.807, 2.05) is 0 Å². The van der Waals surface area contributed by atoms with Gasteiger partial charge in [-0.3, -0.25) is 0 Å². The molecule has 1 aromatic heterocycles. The molecule has 0 atom stereocenters. The summed E-state index contributed by atoms with van der Waals surface area (Å²) in [7, 11) is 0. The average molecular weight is 377 g/mol. The summed E-state index contributed by atoms with van der Waals surface area (Å²) in [4.78, 5) is 25.6. The van der Waals surface area contributed by atoms with Crippen LogP contribution in [0.25, 0.3) is 0 Å². The van der Waals surface area contributed by atoms with Crippen LogP contribution in [-0.4, -0.2) is 42.9 Å². The van der Waals surface area contributed by atoms with Crippen LogP contribution in [0.3, 0.4) is 0 Å². The number of nitrogens with one attached hydrogen (secondary N) is 1. The number of hydrogen-bond donors (Lipinski definition) is 1. The first kappa shape index (κ1) is 19.3. The lowest BCUT2D eigenvalue weighted by Gasteiger charge is -2.28. The highest BCUT2D eigenvalue weighted by molar-refractivity contribution is 5.68. The highest BCUT2D eigenvalue weighted by Crippen LogP contribution is 2.27. The summed E-state index contributed by atoms with van der Waals surface area (Å²) >= 11 is 0. The molecule has 0 aromatic carbocycles. The van der Waals surface area contributed by atoms with Crippen LogP contribution in [0.5, 0.6) is 0 Å². The molecule has 1 saturated heterocycles. The second-order valence-corrected chi connectivity index (χ2v) is 7.24. The Hall–Kier alpha value is -2.51. The summed E-state index contributed by atoms with van der Waals surface area (Å²) in [6, 6.07) is 3.40. The molecule has 1 aromatic rings. The van der Waals surface area contributed by atoms with E-state index < -0.39 is 6.09 Å². The molecule has 1 saturated carbocycles. The van der Waals surface area contributed by atoms with Crippen LogP contribution in [-0.2, 0) is 16.0 Å². The van der Waals surface area contributed by atoms with Crippen molar-refractivity contribution >= 4 is 12.2 Å². The third kappa shape index (κ3) is 6.01. The van der Waals surface area contributed by atoms with Crippen LogP contribution in [0.1, 0.15) is 44.1 Å². The monoisotopic (exact) mass is 377 g/mol. The summed E-state index contributed by atoms with van der Waals surface area (Å²) in [6.45, 7) is 2.29. The van der Waals surface area contributed by atoms with E-state index >= 15 is 0 Å². The molecular weight excluding hydrogens is 350 g/mol. The number of hydrogen-bond acceptors (Lipinski definition) is 5. The largest absolute Gasteiger partial charge is 0.619 e. The second kappa shape index (κ2) is 9.43. The maximum atomic E-state index is 11.9. The van der Waals surface area contributed by atoms with Gasteiger partial charge in [-0.25, -0.2) is 9.59 Å². The molecule has 0 bridgehead atoms. The van der Waals surface area contributed by atoms with E-state index in [0.717, 1.165) is 51.6 Å². The SMILES string of the molecule is O=C(NCc1ccc[n+]([O-])c1)OC1CCC(COC(=O)N2CCCC2)CC1. The summed E-state index contributed by atoms with van der Waals surface area (Å²) in [5.41, 5.74) is 0.716. The van der Waals surface area contributed by atoms with Gasteiger partial charge in [0, 0.05) is 24.7 Å². The lowest BCUT2D eigenvalue weighted by atomic mass is 9.88. The van der Waals surface area contributed by atoms with Crippen LogP contribution in [0.2, 0.25) is 0 Å². The zero-order chi connectivity index (χ0) is 19.1. The maximum absolute atomic E-state index is 11.9. The molecule has 0 spiro atoms. The van der Waals surface area contributed by atoms with Crippen molar-refractivity contribution in [2.45, 2.75) is 51.2 Å². The molecule has 2 fully saturated rings. The lowest BCUT2D eigenvalue weighted by Crippen LogP contribution is -2.34. The van der Waals surface area contributed by atoms with Crippen molar-refractivity contribution in [1.29, 1.82) is 0 Å². The lowest BCUT2D eigenvalue weighted by molar-refractivity contribution is -0.605. The fraction of sp³-hybridized carbons (Fsp3) is 0.632. The Kier molecular flexibility index (Phi) is 6.73. The molecule has 1 aliphatic heterocycles. The smallest absolute Gasteiger partial charge is 0.409 e. The van der Waals surface area contributed by atoms with Crippen LogP contribution in [0.15, 0.2) is 24.5 Å². The molecule has 2 heterocycles. The van der Waals surface area contributed by atoms with Gasteiger partial charge in [-0.15, -0.1) is 0 Å². The molecule has 2 aliphatic rings. The van der Waals surface area contributed by atoms with Crippen molar-refractivity contribution in [3.05, 3.63) is 35.3 Å². The summed E-state index contributed by atoms with van der Waals surface area (Å²) in [6.07, 6.45) is 7.41. The van der Waals surface area contributed by atoms with Gasteiger partial charge >= 0.3 is 12.2 Å². The molecular formula is C19H27N3O5. The van der Waals surface area contributed by atoms with Gasteiger partial charge in [0.2, 0.25) is 0 Å². The van der Waals surface area contributed by atoms with E-state index in [0.29, 0.717) is 22.8 Å². The fourth-order valence-electron chi connectivity index (χ4n) is 3.57. The third-order valence-electron chi connectivity index (χ3n) is 5.15. The quantitative estimate of drug-likeness (QED) is 0.628. The van der Waals surface area contributed by atoms with Crippen LogP contribution in [0, 0.1) is 11.1 Å². The van der Waals surface area contributed by atoms with E-state index in [2.05, 4.69) is 5.32 Å². The first-order valence-corrected chi connectivity index (χ1v) is 9.64. The van der Waals surface area contributed by atoms with Gasteiger partial charge < -0.3 is 24.9 Å². The number of likely N-dealkylation sites (tertiary alicyclic amines) is 1. The third-order valence-corrected chi connectivity index (χ3v) is 5.15. The van der Waals surface area contributed by atoms with Gasteiger partial charge in [-0.05, 0) is 50.5 Å². The van der Waals surface area contributed by atoms with Crippen molar-refractivity contribution in [1.82, 2.24) is 10.2 Å². The van der Waals surface area contributed by atoms with Gasteiger partial charge in [0.25, 0.3) is 0 Å². The number of aromatic nitrogens is 1. The Bertz CT molecular complexity index is 640. The molecule has 8 heteroatoms. The normalized spacial score (nSPS) is 22.3. The zero-order valence-electron chi connectivity index (χ0n) is 15.5. The summed E-state index contributed by atoms with van der Waals surface area (Å²) in [5.74, 6) is 0.330. The van der Waals surface area contributed by atoms with E-state index in [1.54, 1.807) is 17.0 Å². The zero-order valence-corrected chi connectivity index (χ0v) is 15.5. The number of ether oxygens (including phenoxy) is 2. The van der Waals surface area contributed by atoms with E-state index in [-0.39, 0.29) is 18.7 Å². The molecule has 3 rings (SSSR count). The van der Waals surface area contributed by atoms with Crippen molar-refractivity contribution in [3.63, 3.8) is 0 Å². The molecule has 8 nitrogen and oxygen atoms in total. The van der Waals surface area contributed by atoms with Crippen molar-refractivity contribution in [2.75, 3.05) is 19.7 Å².